The fourth-order valence-corrected chi connectivity index (χ4v) is 4.04. The van der Waals surface area contributed by atoms with E-state index in [0.29, 0.717) is 0 Å². The molecule has 0 atom stereocenters. The molecule has 3 aromatic rings. The second-order valence-corrected chi connectivity index (χ2v) is 8.05. The summed E-state index contributed by atoms with van der Waals surface area (Å²) in [5.74, 6) is 1.17. The lowest BCUT2D eigenvalue weighted by Gasteiger charge is -2.31. The molecule has 136 valence electrons. The Morgan fingerprint density at radius 3 is 2.69 bits per heavy atom. The summed E-state index contributed by atoms with van der Waals surface area (Å²) in [6, 6.07) is 10.0. The third-order valence-corrected chi connectivity index (χ3v) is 5.47. The molecule has 0 N–H and O–H groups in total. The molecule has 1 saturated heterocycles. The van der Waals surface area contributed by atoms with Crippen LogP contribution in [0.15, 0.2) is 45.4 Å². The first-order valence-corrected chi connectivity index (χ1v) is 9.84. The van der Waals surface area contributed by atoms with Crippen LogP contribution in [-0.4, -0.2) is 33.4 Å². The molecule has 1 aliphatic heterocycles. The minimum Gasteiger partial charge on any atom is -0.440 e. The second-order valence-electron chi connectivity index (χ2n) is 7.13. The van der Waals surface area contributed by atoms with Crippen LogP contribution in [-0.2, 0) is 0 Å². The van der Waals surface area contributed by atoms with Crippen molar-refractivity contribution in [2.75, 3.05) is 13.1 Å². The van der Waals surface area contributed by atoms with Crippen LogP contribution in [0.1, 0.15) is 55.0 Å². The lowest BCUT2D eigenvalue weighted by Crippen LogP contribution is -2.39. The molecule has 1 aromatic carbocycles. The average Bonchev–Trinajstić information content (AvgIpc) is 3.25. The van der Waals surface area contributed by atoms with Gasteiger partial charge in [0.25, 0.3) is 5.91 Å². The zero-order valence-corrected chi connectivity index (χ0v) is 16.6. The number of nitrogens with zero attached hydrogens (tertiary/aromatic N) is 3. The van der Waals surface area contributed by atoms with Crippen molar-refractivity contribution in [2.24, 2.45) is 0 Å². The van der Waals surface area contributed by atoms with E-state index in [2.05, 4.69) is 34.8 Å². The van der Waals surface area contributed by atoms with Gasteiger partial charge < -0.3 is 13.9 Å². The van der Waals surface area contributed by atoms with E-state index < -0.39 is 0 Å². The normalized spacial score (nSPS) is 15.9. The van der Waals surface area contributed by atoms with E-state index in [1.54, 1.807) is 0 Å². The number of hydrogen-bond donors (Lipinski definition) is 0. The summed E-state index contributed by atoms with van der Waals surface area (Å²) in [4.78, 5) is 19.5. The molecule has 4 rings (SSSR count). The van der Waals surface area contributed by atoms with E-state index in [1.807, 2.05) is 46.0 Å². The van der Waals surface area contributed by atoms with Crippen LogP contribution in [0.4, 0.5) is 0 Å². The van der Waals surface area contributed by atoms with Gasteiger partial charge in [0.15, 0.2) is 11.5 Å². The highest BCUT2D eigenvalue weighted by molar-refractivity contribution is 9.10. The van der Waals surface area contributed by atoms with Crippen molar-refractivity contribution in [1.29, 1.82) is 0 Å². The molecule has 6 heteroatoms. The number of likely N-dealkylation sites (tertiary alicyclic amines) is 1. The fourth-order valence-electron chi connectivity index (χ4n) is 3.60. The highest BCUT2D eigenvalue weighted by atomic mass is 79.9. The number of para-hydroxylation sites is 2. The van der Waals surface area contributed by atoms with Crippen molar-refractivity contribution in [3.63, 3.8) is 0 Å². The Balaban J connectivity index is 1.47. The molecule has 2 aromatic heterocycles. The number of carbonyl (C=O) groups is 1. The third-order valence-electron chi connectivity index (χ3n) is 5.03. The van der Waals surface area contributed by atoms with Gasteiger partial charge in [0, 0.05) is 35.7 Å². The number of fused-ring (bicyclic) bond motifs is 1. The molecule has 0 unspecified atom stereocenters. The average molecular weight is 416 g/mol. The zero-order chi connectivity index (χ0) is 18.3. The SMILES string of the molecule is CC(C)n1cc(Br)cc1C(=O)N1CCC(c2nc3ccccc3o2)CC1. The van der Waals surface area contributed by atoms with Crippen molar-refractivity contribution in [3.05, 3.63) is 52.6 Å². The Morgan fingerprint density at radius 1 is 1.27 bits per heavy atom. The van der Waals surface area contributed by atoms with Gasteiger partial charge in [-0.1, -0.05) is 12.1 Å². The first-order chi connectivity index (χ1) is 12.5. The van der Waals surface area contributed by atoms with Gasteiger partial charge in [-0.05, 0) is 60.8 Å². The van der Waals surface area contributed by atoms with Crippen molar-refractivity contribution in [3.8, 4) is 0 Å². The summed E-state index contributed by atoms with van der Waals surface area (Å²) in [5.41, 5.74) is 2.48. The molecular weight excluding hydrogens is 394 g/mol. The summed E-state index contributed by atoms with van der Waals surface area (Å²) in [5, 5.41) is 0. The molecule has 0 saturated carbocycles. The number of piperidine rings is 1. The van der Waals surface area contributed by atoms with Crippen LogP contribution in [0.2, 0.25) is 0 Å². The molecule has 0 bridgehead atoms. The topological polar surface area (TPSA) is 51.3 Å². The largest absolute Gasteiger partial charge is 0.440 e. The minimum atomic E-state index is 0.0976. The van der Waals surface area contributed by atoms with E-state index in [-0.39, 0.29) is 17.9 Å². The molecular formula is C20H22BrN3O2. The molecule has 1 aliphatic rings. The smallest absolute Gasteiger partial charge is 0.270 e. The second kappa shape index (κ2) is 6.91. The number of aromatic nitrogens is 2. The monoisotopic (exact) mass is 415 g/mol. The minimum absolute atomic E-state index is 0.0976. The molecule has 5 nitrogen and oxygen atoms in total. The van der Waals surface area contributed by atoms with Gasteiger partial charge in [-0.3, -0.25) is 4.79 Å². The van der Waals surface area contributed by atoms with Crippen LogP contribution < -0.4 is 0 Å². The molecule has 1 amide bonds. The van der Waals surface area contributed by atoms with Gasteiger partial charge in [0.05, 0.1) is 0 Å². The predicted octanol–water partition coefficient (Wildman–Crippen LogP) is 4.99. The highest BCUT2D eigenvalue weighted by Crippen LogP contribution is 2.31. The quantitative estimate of drug-likeness (QED) is 0.604. The number of benzene rings is 1. The summed E-state index contributed by atoms with van der Waals surface area (Å²) in [6.07, 6.45) is 3.73. The molecule has 0 spiro atoms. The van der Waals surface area contributed by atoms with Crippen molar-refractivity contribution >= 4 is 32.9 Å². The van der Waals surface area contributed by atoms with E-state index in [9.17, 15) is 4.79 Å². The van der Waals surface area contributed by atoms with Crippen LogP contribution in [0, 0.1) is 0 Å². The van der Waals surface area contributed by atoms with Gasteiger partial charge in [-0.15, -0.1) is 0 Å². The van der Waals surface area contributed by atoms with Crippen LogP contribution in [0.3, 0.4) is 0 Å². The van der Waals surface area contributed by atoms with Gasteiger partial charge in [-0.25, -0.2) is 4.98 Å². The van der Waals surface area contributed by atoms with Crippen LogP contribution >= 0.6 is 15.9 Å². The Bertz CT molecular complexity index is 903. The number of hydrogen-bond acceptors (Lipinski definition) is 3. The maximum atomic E-state index is 13.0. The number of carbonyl (C=O) groups excluding carboxylic acids is 1. The van der Waals surface area contributed by atoms with E-state index in [0.717, 1.165) is 53.1 Å². The van der Waals surface area contributed by atoms with Crippen molar-refractivity contribution in [1.82, 2.24) is 14.5 Å². The number of amides is 1. The summed E-state index contributed by atoms with van der Waals surface area (Å²) in [7, 11) is 0. The first kappa shape index (κ1) is 17.3. The Labute approximate surface area is 161 Å². The molecule has 3 heterocycles. The molecule has 1 fully saturated rings. The maximum absolute atomic E-state index is 13.0. The number of oxazole rings is 1. The first-order valence-electron chi connectivity index (χ1n) is 9.05. The molecule has 0 radical (unpaired) electrons. The number of halogens is 1. The maximum Gasteiger partial charge on any atom is 0.270 e. The lowest BCUT2D eigenvalue weighted by molar-refractivity contribution is 0.0694. The van der Waals surface area contributed by atoms with Gasteiger partial charge in [0.1, 0.15) is 11.2 Å². The van der Waals surface area contributed by atoms with E-state index in [1.165, 1.54) is 0 Å². The molecule has 26 heavy (non-hydrogen) atoms. The predicted molar refractivity (Wildman–Crippen MR) is 104 cm³/mol. The van der Waals surface area contributed by atoms with E-state index in [4.69, 9.17) is 4.42 Å². The lowest BCUT2D eigenvalue weighted by atomic mass is 9.96. The van der Waals surface area contributed by atoms with Gasteiger partial charge in [0.2, 0.25) is 0 Å². The van der Waals surface area contributed by atoms with Gasteiger partial charge in [-0.2, -0.15) is 0 Å². The number of rotatable bonds is 3. The van der Waals surface area contributed by atoms with Crippen LogP contribution in [0.5, 0.6) is 0 Å². The Morgan fingerprint density at radius 2 is 2.00 bits per heavy atom. The van der Waals surface area contributed by atoms with Gasteiger partial charge >= 0.3 is 0 Å². The van der Waals surface area contributed by atoms with E-state index >= 15 is 0 Å². The molecule has 0 aliphatic carbocycles. The summed E-state index contributed by atoms with van der Waals surface area (Å²) in [6.45, 7) is 5.62. The highest BCUT2D eigenvalue weighted by Gasteiger charge is 2.29. The summed E-state index contributed by atoms with van der Waals surface area (Å²) < 4.78 is 8.88. The third kappa shape index (κ3) is 3.18. The fraction of sp³-hybridized carbons (Fsp3) is 0.400. The Kier molecular flexibility index (Phi) is 4.61. The van der Waals surface area contributed by atoms with Crippen LogP contribution in [0.25, 0.3) is 11.1 Å². The van der Waals surface area contributed by atoms with Crippen molar-refractivity contribution < 1.29 is 9.21 Å². The van der Waals surface area contributed by atoms with Crippen molar-refractivity contribution in [2.45, 2.75) is 38.6 Å². The summed E-state index contributed by atoms with van der Waals surface area (Å²) >= 11 is 3.49. The zero-order valence-electron chi connectivity index (χ0n) is 15.0. The Hall–Kier alpha value is -2.08. The standard InChI is InChI=1S/C20H22BrN3O2/c1-13(2)24-12-15(21)11-17(24)20(25)23-9-7-14(8-10-23)19-22-16-5-3-4-6-18(16)26-19/h3-6,11-14H,7-10H2,1-2H3.